The molecule has 1 aromatic carbocycles. The third-order valence-corrected chi connectivity index (χ3v) is 2.28. The second-order valence-corrected chi connectivity index (χ2v) is 4.10. The Morgan fingerprint density at radius 3 is 2.89 bits per heavy atom. The topological polar surface area (TPSA) is 70.6 Å². The van der Waals surface area contributed by atoms with E-state index in [1.807, 2.05) is 6.92 Å². The lowest BCUT2D eigenvalue weighted by atomic mass is 10.1. The van der Waals surface area contributed by atoms with E-state index in [0.717, 1.165) is 11.1 Å². The van der Waals surface area contributed by atoms with E-state index in [9.17, 15) is 4.39 Å². The van der Waals surface area contributed by atoms with Gasteiger partial charge in [-0.1, -0.05) is 18.2 Å². The normalized spacial score (nSPS) is 11.4. The van der Waals surface area contributed by atoms with Crippen LogP contribution in [0.4, 0.5) is 4.39 Å². The first-order valence-electron chi connectivity index (χ1n) is 5.59. The van der Waals surface area contributed by atoms with Gasteiger partial charge in [0.2, 0.25) is 0 Å². The first kappa shape index (κ1) is 14.2. The third-order valence-electron chi connectivity index (χ3n) is 2.28. The van der Waals surface area contributed by atoms with E-state index < -0.39 is 5.82 Å². The molecule has 0 unspecified atom stereocenters. The van der Waals surface area contributed by atoms with Crippen LogP contribution in [0, 0.1) is 5.82 Å². The molecule has 0 aliphatic heterocycles. The minimum atomic E-state index is -0.418. The summed E-state index contributed by atoms with van der Waals surface area (Å²) < 4.78 is 13.1. The third kappa shape index (κ3) is 4.55. The van der Waals surface area contributed by atoms with Crippen LogP contribution >= 0.6 is 0 Å². The van der Waals surface area contributed by atoms with Gasteiger partial charge in [-0.25, -0.2) is 9.38 Å². The fourth-order valence-corrected chi connectivity index (χ4v) is 1.32. The molecule has 0 aromatic heterocycles. The van der Waals surface area contributed by atoms with Gasteiger partial charge < -0.3 is 16.2 Å². The summed E-state index contributed by atoms with van der Waals surface area (Å²) in [5.74, 6) is -0.105. The van der Waals surface area contributed by atoms with Gasteiger partial charge >= 0.3 is 0 Å². The van der Waals surface area contributed by atoms with E-state index in [1.165, 1.54) is 6.07 Å². The van der Waals surface area contributed by atoms with E-state index in [0.29, 0.717) is 19.0 Å². The predicted octanol–water partition coefficient (Wildman–Crippen LogP) is 1.30. The number of aliphatic hydroxyl groups excluding tert-OH is 1. The van der Waals surface area contributed by atoms with Crippen LogP contribution in [0.1, 0.15) is 18.1 Å². The lowest BCUT2D eigenvalue weighted by Gasteiger charge is -2.06. The van der Waals surface area contributed by atoms with E-state index in [2.05, 4.69) is 16.9 Å². The van der Waals surface area contributed by atoms with E-state index >= 15 is 0 Å². The zero-order chi connectivity index (χ0) is 13.5. The molecule has 0 radical (unpaired) electrons. The number of nitrogens with two attached hydrogens (primary N) is 1. The maximum absolute atomic E-state index is 13.1. The number of benzene rings is 1. The highest BCUT2D eigenvalue weighted by Crippen LogP contribution is 2.11. The highest BCUT2D eigenvalue weighted by Gasteiger charge is 2.02. The molecular weight excluding hydrogens is 233 g/mol. The Balaban J connectivity index is 2.62. The van der Waals surface area contributed by atoms with E-state index in [4.69, 9.17) is 10.8 Å². The molecule has 0 amide bonds. The lowest BCUT2D eigenvalue weighted by Crippen LogP contribution is -2.32. The predicted molar refractivity (Wildman–Crippen MR) is 70.5 cm³/mol. The van der Waals surface area contributed by atoms with Crippen molar-refractivity contribution in [2.45, 2.75) is 20.1 Å². The molecule has 0 bridgehead atoms. The van der Waals surface area contributed by atoms with Crippen LogP contribution in [0.15, 0.2) is 35.3 Å². The molecule has 98 valence electrons. The van der Waals surface area contributed by atoms with Crippen LogP contribution in [0.2, 0.25) is 0 Å². The number of halogens is 1. The molecule has 1 rings (SSSR count). The molecule has 4 nitrogen and oxygen atoms in total. The summed E-state index contributed by atoms with van der Waals surface area (Å²) in [7, 11) is 0. The summed E-state index contributed by atoms with van der Waals surface area (Å²) in [6, 6.07) is 4.50. The van der Waals surface area contributed by atoms with Gasteiger partial charge in [0.15, 0.2) is 5.96 Å². The Hall–Kier alpha value is -1.88. The Morgan fingerprint density at radius 1 is 1.56 bits per heavy atom. The fourth-order valence-electron chi connectivity index (χ4n) is 1.32. The van der Waals surface area contributed by atoms with Crippen LogP contribution in [-0.2, 0) is 13.2 Å². The zero-order valence-corrected chi connectivity index (χ0v) is 10.4. The van der Waals surface area contributed by atoms with Crippen LogP contribution in [0.3, 0.4) is 0 Å². The van der Waals surface area contributed by atoms with Crippen molar-refractivity contribution in [3.63, 3.8) is 0 Å². The maximum Gasteiger partial charge on any atom is 0.189 e. The van der Waals surface area contributed by atoms with Gasteiger partial charge in [-0.2, -0.15) is 0 Å². The number of rotatable bonds is 5. The molecule has 5 heteroatoms. The van der Waals surface area contributed by atoms with Crippen molar-refractivity contribution < 1.29 is 9.50 Å². The van der Waals surface area contributed by atoms with Gasteiger partial charge in [0.1, 0.15) is 5.82 Å². The maximum atomic E-state index is 13.1. The van der Waals surface area contributed by atoms with Gasteiger partial charge in [-0.15, -0.1) is 0 Å². The van der Waals surface area contributed by atoms with Crippen molar-refractivity contribution in [1.82, 2.24) is 5.32 Å². The second kappa shape index (κ2) is 6.76. The number of hydrogen-bond donors (Lipinski definition) is 3. The minimum Gasteiger partial charge on any atom is -0.392 e. The summed E-state index contributed by atoms with van der Waals surface area (Å²) in [5, 5.41) is 11.8. The number of aliphatic imine (C=N–C) groups is 1. The Bertz CT molecular complexity index is 458. The highest BCUT2D eigenvalue weighted by atomic mass is 19.1. The summed E-state index contributed by atoms with van der Waals surface area (Å²) in [6.07, 6.45) is 0. The zero-order valence-electron chi connectivity index (χ0n) is 10.4. The summed E-state index contributed by atoms with van der Waals surface area (Å²) >= 11 is 0. The van der Waals surface area contributed by atoms with Crippen molar-refractivity contribution in [3.8, 4) is 0 Å². The average molecular weight is 251 g/mol. The van der Waals surface area contributed by atoms with Crippen molar-refractivity contribution in [1.29, 1.82) is 0 Å². The number of guanidine groups is 1. The average Bonchev–Trinajstić information content (AvgIpc) is 2.35. The van der Waals surface area contributed by atoms with Crippen LogP contribution < -0.4 is 11.1 Å². The minimum absolute atomic E-state index is 0.260. The molecule has 0 fully saturated rings. The number of hydrogen-bond acceptors (Lipinski definition) is 2. The van der Waals surface area contributed by atoms with Crippen molar-refractivity contribution in [2.75, 3.05) is 6.54 Å². The monoisotopic (exact) mass is 251 g/mol. The quantitative estimate of drug-likeness (QED) is 0.419. The van der Waals surface area contributed by atoms with E-state index in [-0.39, 0.29) is 12.2 Å². The van der Waals surface area contributed by atoms with Crippen molar-refractivity contribution >= 4 is 5.96 Å². The first-order valence-corrected chi connectivity index (χ1v) is 5.59. The Kier molecular flexibility index (Phi) is 5.32. The number of nitrogens with zero attached hydrogens (tertiary/aromatic N) is 1. The van der Waals surface area contributed by atoms with Crippen LogP contribution in [-0.4, -0.2) is 17.6 Å². The molecule has 0 saturated heterocycles. The molecule has 1 aromatic rings. The SMILES string of the molecule is C=C(C)CNC(N)=NCc1ccc(F)c(CO)c1. The largest absolute Gasteiger partial charge is 0.392 e. The van der Waals surface area contributed by atoms with Crippen molar-refractivity contribution in [3.05, 3.63) is 47.3 Å². The van der Waals surface area contributed by atoms with Gasteiger partial charge in [-0.05, 0) is 24.6 Å². The molecule has 0 spiro atoms. The standard InChI is InChI=1S/C13H18FN3O/c1-9(2)6-16-13(15)17-7-10-3-4-12(14)11(5-10)8-18/h3-5,18H,1,6-8H2,2H3,(H3,15,16,17). The van der Waals surface area contributed by atoms with Gasteiger partial charge in [0.05, 0.1) is 13.2 Å². The smallest absolute Gasteiger partial charge is 0.189 e. The number of aliphatic hydroxyl groups is 1. The molecule has 0 saturated carbocycles. The molecule has 4 N–H and O–H groups in total. The van der Waals surface area contributed by atoms with Crippen LogP contribution in [0.5, 0.6) is 0 Å². The van der Waals surface area contributed by atoms with Gasteiger partial charge in [-0.3, -0.25) is 0 Å². The van der Waals surface area contributed by atoms with Crippen LogP contribution in [0.25, 0.3) is 0 Å². The summed E-state index contributed by atoms with van der Waals surface area (Å²) in [5.41, 5.74) is 7.65. The van der Waals surface area contributed by atoms with Gasteiger partial charge in [0.25, 0.3) is 0 Å². The van der Waals surface area contributed by atoms with Gasteiger partial charge in [0, 0.05) is 12.1 Å². The Labute approximate surface area is 106 Å². The Morgan fingerprint density at radius 2 is 2.28 bits per heavy atom. The molecular formula is C13H18FN3O. The highest BCUT2D eigenvalue weighted by molar-refractivity contribution is 5.78. The molecule has 0 heterocycles. The second-order valence-electron chi connectivity index (χ2n) is 4.10. The fraction of sp³-hybridized carbons (Fsp3) is 0.308. The molecule has 18 heavy (non-hydrogen) atoms. The lowest BCUT2D eigenvalue weighted by molar-refractivity contribution is 0.275. The molecule has 0 atom stereocenters. The summed E-state index contributed by atoms with van der Waals surface area (Å²) in [6.45, 7) is 6.20. The first-order chi connectivity index (χ1) is 8.52. The summed E-state index contributed by atoms with van der Waals surface area (Å²) in [4.78, 5) is 4.11. The van der Waals surface area contributed by atoms with Crippen molar-refractivity contribution in [2.24, 2.45) is 10.7 Å². The molecule has 0 aliphatic rings. The number of nitrogens with one attached hydrogen (secondary N) is 1. The molecule has 0 aliphatic carbocycles. The van der Waals surface area contributed by atoms with E-state index in [1.54, 1.807) is 12.1 Å².